The number of hydrogen-bond donors (Lipinski definition) is 0. The number of unbranched alkanes of at least 4 members (excludes halogenated alkanes) is 7. The van der Waals surface area contributed by atoms with Gasteiger partial charge in [0.05, 0.1) is 6.61 Å². The summed E-state index contributed by atoms with van der Waals surface area (Å²) in [6, 6.07) is 0. The first-order valence-electron chi connectivity index (χ1n) is 7.11. The van der Waals surface area contributed by atoms with Crippen LogP contribution in [0.25, 0.3) is 0 Å². The van der Waals surface area contributed by atoms with E-state index < -0.39 is 0 Å². The molecule has 0 fully saturated rings. The van der Waals surface area contributed by atoms with Crippen LogP contribution < -0.4 is 0 Å². The molecule has 0 aromatic carbocycles. The van der Waals surface area contributed by atoms with E-state index in [2.05, 4.69) is 34.7 Å². The van der Waals surface area contributed by atoms with E-state index in [1.807, 2.05) is 0 Å². The van der Waals surface area contributed by atoms with Crippen molar-refractivity contribution in [3.63, 3.8) is 0 Å². The summed E-state index contributed by atoms with van der Waals surface area (Å²) >= 11 is 2.41. The van der Waals surface area contributed by atoms with E-state index in [9.17, 15) is 4.79 Å². The van der Waals surface area contributed by atoms with Gasteiger partial charge in [0.15, 0.2) is 0 Å². The fourth-order valence-corrected chi connectivity index (χ4v) is 2.12. The summed E-state index contributed by atoms with van der Waals surface area (Å²) < 4.78 is 6.11. The van der Waals surface area contributed by atoms with Crippen molar-refractivity contribution in [3.8, 4) is 0 Å². The Morgan fingerprint density at radius 1 is 0.944 bits per heavy atom. The van der Waals surface area contributed by atoms with Crippen molar-refractivity contribution in [2.45, 2.75) is 64.7 Å². The molecule has 0 saturated carbocycles. The number of ether oxygens (including phenoxy) is 1. The zero-order valence-corrected chi connectivity index (χ0v) is 13.8. The van der Waals surface area contributed by atoms with E-state index in [-0.39, 0.29) is 5.97 Å². The van der Waals surface area contributed by atoms with Crippen LogP contribution in [-0.2, 0) is 9.53 Å². The summed E-state index contributed by atoms with van der Waals surface area (Å²) in [5, 5.41) is 0. The Balaban J connectivity index is 3.01. The van der Waals surface area contributed by atoms with Gasteiger partial charge in [-0.1, -0.05) is 66.8 Å². The molecule has 3 heteroatoms. The van der Waals surface area contributed by atoms with Crippen molar-refractivity contribution in [3.05, 3.63) is 12.2 Å². The summed E-state index contributed by atoms with van der Waals surface area (Å²) in [5.41, 5.74) is 0. The van der Waals surface area contributed by atoms with Crippen LogP contribution in [0.1, 0.15) is 64.7 Å². The van der Waals surface area contributed by atoms with E-state index in [1.54, 1.807) is 0 Å². The summed E-state index contributed by atoms with van der Waals surface area (Å²) in [6.07, 6.45) is 15.9. The second-order valence-electron chi connectivity index (χ2n) is 4.55. The Hall–Kier alpha value is -0.0600. The molecule has 0 heterocycles. The van der Waals surface area contributed by atoms with E-state index in [0.29, 0.717) is 6.61 Å². The fourth-order valence-electron chi connectivity index (χ4n) is 1.76. The Morgan fingerprint density at radius 3 is 2.11 bits per heavy atom. The number of alkyl halides is 1. The molecular weight excluding hydrogens is 339 g/mol. The van der Waals surface area contributed by atoms with Crippen molar-refractivity contribution in [2.24, 2.45) is 0 Å². The monoisotopic (exact) mass is 366 g/mol. The minimum absolute atomic E-state index is 0.161. The third-order valence-corrected chi connectivity index (χ3v) is 3.39. The van der Waals surface area contributed by atoms with Gasteiger partial charge in [-0.05, 0) is 25.7 Å². The van der Waals surface area contributed by atoms with E-state index in [1.165, 1.54) is 62.7 Å². The molecule has 0 aliphatic rings. The Bertz CT molecular complexity index is 215. The third kappa shape index (κ3) is 15.9. The maximum atomic E-state index is 10.5. The van der Waals surface area contributed by atoms with Crippen LogP contribution in [0.5, 0.6) is 0 Å². The van der Waals surface area contributed by atoms with Gasteiger partial charge in [-0.3, -0.25) is 4.79 Å². The van der Waals surface area contributed by atoms with Gasteiger partial charge in [0.1, 0.15) is 0 Å². The van der Waals surface area contributed by atoms with Crippen LogP contribution in [0.4, 0.5) is 0 Å². The zero-order chi connectivity index (χ0) is 13.5. The molecule has 0 N–H and O–H groups in total. The van der Waals surface area contributed by atoms with Gasteiger partial charge >= 0.3 is 5.97 Å². The molecule has 0 amide bonds. The highest BCUT2D eigenvalue weighted by atomic mass is 127. The maximum absolute atomic E-state index is 10.5. The van der Waals surface area contributed by atoms with Gasteiger partial charge in [-0.15, -0.1) is 0 Å². The molecule has 0 radical (unpaired) electrons. The standard InChI is InChI=1S/C15H27IO2/c1-15(17)18-14-12-10-8-6-4-2-3-5-7-9-11-13-16/h7,9H,2-6,8,10-14H2,1H3/b9-7-. The van der Waals surface area contributed by atoms with Crippen LogP contribution >= 0.6 is 22.6 Å². The van der Waals surface area contributed by atoms with Gasteiger partial charge in [-0.25, -0.2) is 0 Å². The first-order valence-corrected chi connectivity index (χ1v) is 8.64. The van der Waals surface area contributed by atoms with Gasteiger partial charge in [0, 0.05) is 11.4 Å². The molecule has 2 nitrogen and oxygen atoms in total. The lowest BCUT2D eigenvalue weighted by Gasteiger charge is -2.02. The van der Waals surface area contributed by atoms with Crippen LogP contribution in [0.2, 0.25) is 0 Å². The SMILES string of the molecule is CC(=O)OCCCCCCCCC/C=C\CCI. The molecule has 0 aliphatic carbocycles. The molecule has 18 heavy (non-hydrogen) atoms. The molecule has 0 aromatic heterocycles. The summed E-state index contributed by atoms with van der Waals surface area (Å²) in [7, 11) is 0. The van der Waals surface area contributed by atoms with Gasteiger partial charge in [0.2, 0.25) is 0 Å². The fraction of sp³-hybridized carbons (Fsp3) is 0.800. The van der Waals surface area contributed by atoms with Crippen molar-refractivity contribution in [1.29, 1.82) is 0 Å². The Kier molecular flexibility index (Phi) is 14.9. The Labute approximate surface area is 126 Å². The van der Waals surface area contributed by atoms with E-state index >= 15 is 0 Å². The number of carbonyl (C=O) groups excluding carboxylic acids is 1. The first-order chi connectivity index (χ1) is 8.77. The van der Waals surface area contributed by atoms with Crippen molar-refractivity contribution >= 4 is 28.6 Å². The molecule has 0 unspecified atom stereocenters. The summed E-state index contributed by atoms with van der Waals surface area (Å²) in [4.78, 5) is 10.5. The smallest absolute Gasteiger partial charge is 0.302 e. The van der Waals surface area contributed by atoms with E-state index in [0.717, 1.165) is 6.42 Å². The highest BCUT2D eigenvalue weighted by Gasteiger charge is 1.94. The average molecular weight is 366 g/mol. The highest BCUT2D eigenvalue weighted by Crippen LogP contribution is 2.09. The second kappa shape index (κ2) is 15.0. The maximum Gasteiger partial charge on any atom is 0.302 e. The normalized spacial score (nSPS) is 11.0. The molecule has 0 spiro atoms. The van der Waals surface area contributed by atoms with Crippen molar-refractivity contribution in [2.75, 3.05) is 11.0 Å². The molecule has 0 aromatic rings. The molecule has 0 atom stereocenters. The molecular formula is C15H27IO2. The predicted molar refractivity (Wildman–Crippen MR) is 86.2 cm³/mol. The number of allylic oxidation sites excluding steroid dienone is 2. The number of rotatable bonds is 12. The van der Waals surface area contributed by atoms with Gasteiger partial charge in [0.25, 0.3) is 0 Å². The molecule has 106 valence electrons. The lowest BCUT2D eigenvalue weighted by molar-refractivity contribution is -0.141. The van der Waals surface area contributed by atoms with Crippen molar-refractivity contribution < 1.29 is 9.53 Å². The highest BCUT2D eigenvalue weighted by molar-refractivity contribution is 14.1. The number of halogens is 1. The number of hydrogen-bond acceptors (Lipinski definition) is 2. The lowest BCUT2D eigenvalue weighted by Crippen LogP contribution is -1.99. The first kappa shape index (κ1) is 17.9. The van der Waals surface area contributed by atoms with Gasteiger partial charge < -0.3 is 4.74 Å². The second-order valence-corrected chi connectivity index (χ2v) is 5.63. The molecule has 0 saturated heterocycles. The minimum atomic E-state index is -0.161. The average Bonchev–Trinajstić information content (AvgIpc) is 2.34. The lowest BCUT2D eigenvalue weighted by atomic mass is 10.1. The van der Waals surface area contributed by atoms with E-state index in [4.69, 9.17) is 4.74 Å². The summed E-state index contributed by atoms with van der Waals surface area (Å²) in [5.74, 6) is -0.161. The minimum Gasteiger partial charge on any atom is -0.466 e. The van der Waals surface area contributed by atoms with Crippen LogP contribution in [0.15, 0.2) is 12.2 Å². The number of esters is 1. The van der Waals surface area contributed by atoms with Crippen LogP contribution in [0.3, 0.4) is 0 Å². The topological polar surface area (TPSA) is 26.3 Å². The molecule has 0 aliphatic heterocycles. The quantitative estimate of drug-likeness (QED) is 0.159. The Morgan fingerprint density at radius 2 is 1.50 bits per heavy atom. The number of carbonyl (C=O) groups is 1. The van der Waals surface area contributed by atoms with Crippen LogP contribution in [0, 0.1) is 0 Å². The summed E-state index contributed by atoms with van der Waals surface area (Å²) in [6.45, 7) is 2.06. The largest absolute Gasteiger partial charge is 0.466 e. The third-order valence-electron chi connectivity index (χ3n) is 2.76. The van der Waals surface area contributed by atoms with Gasteiger partial charge in [-0.2, -0.15) is 0 Å². The van der Waals surface area contributed by atoms with Crippen LogP contribution in [-0.4, -0.2) is 17.0 Å². The molecule has 0 rings (SSSR count). The predicted octanol–water partition coefficient (Wildman–Crippen LogP) is 5.05. The molecule has 0 bridgehead atoms. The zero-order valence-electron chi connectivity index (χ0n) is 11.6. The van der Waals surface area contributed by atoms with Crippen molar-refractivity contribution in [1.82, 2.24) is 0 Å².